The molecule has 28 heavy (non-hydrogen) atoms. The number of anilines is 1. The van der Waals surface area contributed by atoms with Crippen molar-refractivity contribution in [3.8, 4) is 17.0 Å². The highest BCUT2D eigenvalue weighted by atomic mass is 32.1. The molecule has 0 unspecified atom stereocenters. The van der Waals surface area contributed by atoms with Crippen LogP contribution in [-0.4, -0.2) is 35.8 Å². The lowest BCUT2D eigenvalue weighted by molar-refractivity contribution is -0.0498. The molecule has 0 saturated carbocycles. The third-order valence-corrected chi connectivity index (χ3v) is 4.65. The number of nitrogens with one attached hydrogen (secondary N) is 2. The Bertz CT molecular complexity index is 999. The largest absolute Gasteiger partial charge is 0.465 e. The predicted octanol–water partition coefficient (Wildman–Crippen LogP) is 4.09. The van der Waals surface area contributed by atoms with Gasteiger partial charge in [0.15, 0.2) is 0 Å². The number of ether oxygens (including phenoxy) is 2. The number of methoxy groups -OCH3 is 1. The Kier molecular flexibility index (Phi) is 5.69. The third-order valence-electron chi connectivity index (χ3n) is 3.69. The van der Waals surface area contributed by atoms with E-state index in [1.807, 2.05) is 6.92 Å². The number of amides is 1. The molecule has 0 atom stereocenters. The normalized spacial score (nSPS) is 10.8. The maximum Gasteiger partial charge on any atom is 0.387 e. The van der Waals surface area contributed by atoms with E-state index in [-0.39, 0.29) is 17.0 Å². The topological polar surface area (TPSA) is 93.3 Å². The number of aromatic amines is 1. The minimum Gasteiger partial charge on any atom is -0.465 e. The highest BCUT2D eigenvalue weighted by Gasteiger charge is 2.19. The number of thiophene rings is 1. The van der Waals surface area contributed by atoms with Crippen LogP contribution in [0.25, 0.3) is 11.3 Å². The fraction of sp³-hybridized carbons (Fsp3) is 0.167. The lowest BCUT2D eigenvalue weighted by atomic mass is 10.1. The van der Waals surface area contributed by atoms with Crippen LogP contribution in [0.2, 0.25) is 0 Å². The van der Waals surface area contributed by atoms with Gasteiger partial charge < -0.3 is 14.8 Å². The average Bonchev–Trinajstić information content (AvgIpc) is 3.28. The monoisotopic (exact) mass is 407 g/mol. The van der Waals surface area contributed by atoms with Crippen molar-refractivity contribution >= 4 is 28.2 Å². The number of aromatic nitrogens is 2. The predicted molar refractivity (Wildman–Crippen MR) is 99.0 cm³/mol. The van der Waals surface area contributed by atoms with Crippen molar-refractivity contribution in [2.24, 2.45) is 0 Å². The quantitative estimate of drug-likeness (QED) is 0.601. The first-order valence-electron chi connectivity index (χ1n) is 7.98. The number of rotatable bonds is 6. The molecule has 0 fully saturated rings. The zero-order chi connectivity index (χ0) is 20.3. The molecule has 1 amide bonds. The zero-order valence-electron chi connectivity index (χ0n) is 14.8. The molecule has 146 valence electrons. The van der Waals surface area contributed by atoms with Crippen LogP contribution in [0.4, 0.5) is 13.8 Å². The van der Waals surface area contributed by atoms with Gasteiger partial charge in [0.05, 0.1) is 18.4 Å². The summed E-state index contributed by atoms with van der Waals surface area (Å²) in [5.74, 6) is -1.00. The van der Waals surface area contributed by atoms with Gasteiger partial charge in [-0.3, -0.25) is 9.89 Å². The summed E-state index contributed by atoms with van der Waals surface area (Å²) >= 11 is 1.25. The lowest BCUT2D eigenvalue weighted by Gasteiger charge is -2.04. The number of carbonyl (C=O) groups is 2. The summed E-state index contributed by atoms with van der Waals surface area (Å²) in [5, 5.41) is 9.71. The van der Waals surface area contributed by atoms with Gasteiger partial charge in [-0.15, -0.1) is 11.3 Å². The Morgan fingerprint density at radius 3 is 2.57 bits per heavy atom. The average molecular weight is 407 g/mol. The molecule has 0 aliphatic carbocycles. The van der Waals surface area contributed by atoms with Crippen LogP contribution in [0, 0.1) is 6.92 Å². The van der Waals surface area contributed by atoms with Crippen LogP contribution in [0.1, 0.15) is 25.7 Å². The third kappa shape index (κ3) is 4.34. The Balaban J connectivity index is 1.75. The fourth-order valence-corrected chi connectivity index (χ4v) is 3.33. The Morgan fingerprint density at radius 1 is 1.21 bits per heavy atom. The maximum absolute atomic E-state index is 12.5. The zero-order valence-corrected chi connectivity index (χ0v) is 15.6. The molecule has 0 aliphatic rings. The van der Waals surface area contributed by atoms with Crippen LogP contribution >= 0.6 is 11.3 Å². The number of esters is 1. The molecule has 0 saturated heterocycles. The van der Waals surface area contributed by atoms with Crippen molar-refractivity contribution in [1.82, 2.24) is 10.2 Å². The maximum atomic E-state index is 12.5. The molecular weight excluding hydrogens is 392 g/mol. The van der Waals surface area contributed by atoms with E-state index < -0.39 is 18.5 Å². The number of carbonyl (C=O) groups excluding carboxylic acids is 2. The molecule has 2 N–H and O–H groups in total. The molecule has 1 aromatic carbocycles. The van der Waals surface area contributed by atoms with Gasteiger partial charge in [-0.2, -0.15) is 13.9 Å². The van der Waals surface area contributed by atoms with E-state index in [0.29, 0.717) is 16.3 Å². The van der Waals surface area contributed by atoms with Gasteiger partial charge in [-0.05, 0) is 43.3 Å². The van der Waals surface area contributed by atoms with Gasteiger partial charge in [0.2, 0.25) is 0 Å². The van der Waals surface area contributed by atoms with Crippen LogP contribution in [0.3, 0.4) is 0 Å². The lowest BCUT2D eigenvalue weighted by Crippen LogP contribution is -2.14. The number of alkyl halides is 2. The number of aryl methyl sites for hydroxylation is 1. The van der Waals surface area contributed by atoms with E-state index in [4.69, 9.17) is 4.74 Å². The van der Waals surface area contributed by atoms with E-state index in [1.165, 1.54) is 36.6 Å². The molecule has 7 nitrogen and oxygen atoms in total. The number of hydrogen-bond acceptors (Lipinski definition) is 6. The summed E-state index contributed by atoms with van der Waals surface area (Å²) in [5.41, 5.74) is 1.50. The summed E-state index contributed by atoms with van der Waals surface area (Å²) in [6.45, 7) is -1.09. The molecule has 10 heteroatoms. The Hall–Kier alpha value is -3.27. The van der Waals surface area contributed by atoms with E-state index in [2.05, 4.69) is 20.3 Å². The molecule has 3 rings (SSSR count). The first-order chi connectivity index (χ1) is 13.4. The summed E-state index contributed by atoms with van der Waals surface area (Å²) in [6.07, 6.45) is 0. The summed E-state index contributed by atoms with van der Waals surface area (Å²) in [4.78, 5) is 25.1. The number of benzene rings is 1. The standard InChI is InChI=1S/C18H15F2N3O4S/c1-9-7-12(17(25)26-2)16(28-9)21-15(24)14-8-13(22-23-14)10-3-5-11(6-4-10)27-18(19)20/h3-8,18H,1-2H3,(H,21,24)(H,22,23). The summed E-state index contributed by atoms with van der Waals surface area (Å²) in [7, 11) is 1.26. The van der Waals surface area contributed by atoms with Crippen molar-refractivity contribution in [3.63, 3.8) is 0 Å². The molecular formula is C18H15F2N3O4S. The SMILES string of the molecule is COC(=O)c1cc(C)sc1NC(=O)c1cc(-c2ccc(OC(F)F)cc2)n[nH]1. The Labute approximate surface area is 162 Å². The minimum absolute atomic E-state index is 0.0238. The molecule has 0 bridgehead atoms. The van der Waals surface area contributed by atoms with Gasteiger partial charge in [0.25, 0.3) is 5.91 Å². The van der Waals surface area contributed by atoms with Crippen LogP contribution in [-0.2, 0) is 4.74 Å². The highest BCUT2D eigenvalue weighted by Crippen LogP contribution is 2.29. The van der Waals surface area contributed by atoms with Crippen LogP contribution in [0.15, 0.2) is 36.4 Å². The number of hydrogen-bond donors (Lipinski definition) is 2. The van der Waals surface area contributed by atoms with Crippen molar-refractivity contribution < 1.29 is 27.8 Å². The van der Waals surface area contributed by atoms with Crippen LogP contribution < -0.4 is 10.1 Å². The summed E-state index contributed by atoms with van der Waals surface area (Å²) < 4.78 is 33.4. The molecule has 0 radical (unpaired) electrons. The summed E-state index contributed by atoms with van der Waals surface area (Å²) in [6, 6.07) is 9.01. The first kappa shape index (κ1) is 19.5. The number of halogens is 2. The second-order valence-electron chi connectivity index (χ2n) is 5.62. The van der Waals surface area contributed by atoms with Gasteiger partial charge in [-0.1, -0.05) is 0 Å². The Morgan fingerprint density at radius 2 is 1.93 bits per heavy atom. The van der Waals surface area contributed by atoms with Crippen molar-refractivity contribution in [3.05, 3.63) is 52.5 Å². The number of nitrogens with zero attached hydrogens (tertiary/aromatic N) is 1. The molecule has 0 spiro atoms. The van der Waals surface area contributed by atoms with Gasteiger partial charge in [0, 0.05) is 10.4 Å². The van der Waals surface area contributed by atoms with Crippen LogP contribution in [0.5, 0.6) is 5.75 Å². The van der Waals surface area contributed by atoms with E-state index in [0.717, 1.165) is 4.88 Å². The van der Waals surface area contributed by atoms with Crippen molar-refractivity contribution in [2.75, 3.05) is 12.4 Å². The van der Waals surface area contributed by atoms with Gasteiger partial charge in [-0.25, -0.2) is 4.79 Å². The molecule has 2 aromatic heterocycles. The molecule has 3 aromatic rings. The van der Waals surface area contributed by atoms with E-state index in [1.54, 1.807) is 18.2 Å². The van der Waals surface area contributed by atoms with Gasteiger partial charge in [0.1, 0.15) is 16.4 Å². The van der Waals surface area contributed by atoms with Crippen molar-refractivity contribution in [2.45, 2.75) is 13.5 Å². The second-order valence-corrected chi connectivity index (χ2v) is 6.87. The first-order valence-corrected chi connectivity index (χ1v) is 8.79. The smallest absolute Gasteiger partial charge is 0.387 e. The van der Waals surface area contributed by atoms with E-state index >= 15 is 0 Å². The fourth-order valence-electron chi connectivity index (χ4n) is 2.43. The second kappa shape index (κ2) is 8.17. The van der Waals surface area contributed by atoms with Gasteiger partial charge >= 0.3 is 12.6 Å². The molecule has 0 aliphatic heterocycles. The highest BCUT2D eigenvalue weighted by molar-refractivity contribution is 7.16. The minimum atomic E-state index is -2.90. The van der Waals surface area contributed by atoms with Crippen molar-refractivity contribution in [1.29, 1.82) is 0 Å². The van der Waals surface area contributed by atoms with E-state index in [9.17, 15) is 18.4 Å². The molecule has 2 heterocycles. The number of H-pyrrole nitrogens is 1.